The van der Waals surface area contributed by atoms with Crippen LogP contribution in [0.2, 0.25) is 0 Å². The summed E-state index contributed by atoms with van der Waals surface area (Å²) in [6.07, 6.45) is 0. The molecule has 1 atom stereocenters. The van der Waals surface area contributed by atoms with E-state index in [4.69, 9.17) is 26.1 Å². The fourth-order valence-corrected chi connectivity index (χ4v) is 4.42. The normalized spacial score (nSPS) is 16.9. The Bertz CT molecular complexity index is 1290. The molecule has 0 amide bonds. The van der Waals surface area contributed by atoms with Gasteiger partial charge in [-0.05, 0) is 29.3 Å². The van der Waals surface area contributed by atoms with E-state index in [0.29, 0.717) is 28.4 Å². The number of aliphatic imine (C=N–C) groups is 1. The Kier molecular flexibility index (Phi) is 7.54. The minimum atomic E-state index is -0.355. The van der Waals surface area contributed by atoms with Crippen LogP contribution in [-0.4, -0.2) is 24.4 Å². The maximum atomic E-state index is 15.0. The van der Waals surface area contributed by atoms with Gasteiger partial charge < -0.3 is 9.47 Å². The Morgan fingerprint density at radius 3 is 2.17 bits per heavy atom. The number of methoxy groups -OCH3 is 2. The minimum absolute atomic E-state index is 0.257. The zero-order valence-corrected chi connectivity index (χ0v) is 20.8. The number of ether oxygens (including phenoxy) is 2. The van der Waals surface area contributed by atoms with Crippen LogP contribution in [0.1, 0.15) is 36.6 Å². The highest BCUT2D eigenvalue weighted by Gasteiger charge is 2.40. The summed E-state index contributed by atoms with van der Waals surface area (Å²) in [5.41, 5.74) is 6.99. The standard InChI is InChI=1S/C26H21ClFN3O2.C2H6/c1-32-18-14-12-16(13-15-18)21-24(27)29-25-22(19-10-6-7-11-20(19)28)23(17-8-4-3-5-9-17)30-31(25)26(21)33-2;1-2/h3-15,23,30H,1-2H3;1-2H3. The average molecular weight is 492 g/mol. The first-order valence-corrected chi connectivity index (χ1v) is 11.8. The van der Waals surface area contributed by atoms with E-state index >= 15 is 0 Å². The Hall–Kier alpha value is -3.61. The molecule has 35 heavy (non-hydrogen) atoms. The molecule has 7 heteroatoms. The summed E-state index contributed by atoms with van der Waals surface area (Å²) in [5.74, 6) is 1.36. The Labute approximate surface area is 210 Å². The Morgan fingerprint density at radius 1 is 0.886 bits per heavy atom. The van der Waals surface area contributed by atoms with Gasteiger partial charge >= 0.3 is 0 Å². The van der Waals surface area contributed by atoms with Gasteiger partial charge in [-0.3, -0.25) is 0 Å². The van der Waals surface area contributed by atoms with Crippen molar-refractivity contribution < 1.29 is 13.9 Å². The number of hydrogen-bond acceptors (Lipinski definition) is 5. The van der Waals surface area contributed by atoms with Crippen LogP contribution in [0.25, 0.3) is 11.1 Å². The molecule has 3 aromatic rings. The van der Waals surface area contributed by atoms with E-state index in [1.807, 2.05) is 68.4 Å². The number of nitrogens with one attached hydrogen (secondary N) is 1. The maximum Gasteiger partial charge on any atom is 0.221 e. The van der Waals surface area contributed by atoms with E-state index in [9.17, 15) is 4.39 Å². The van der Waals surface area contributed by atoms with Gasteiger partial charge in [0.1, 0.15) is 16.7 Å². The summed E-state index contributed by atoms with van der Waals surface area (Å²) in [4.78, 5) is 4.71. The van der Waals surface area contributed by atoms with Gasteiger partial charge in [-0.2, -0.15) is 0 Å². The molecule has 1 unspecified atom stereocenters. The second-order valence-electron chi connectivity index (χ2n) is 7.54. The molecular weight excluding hydrogens is 465 g/mol. The van der Waals surface area contributed by atoms with Gasteiger partial charge in [0.15, 0.2) is 5.82 Å². The van der Waals surface area contributed by atoms with Crippen LogP contribution in [0.3, 0.4) is 0 Å². The molecule has 0 aliphatic carbocycles. The van der Waals surface area contributed by atoms with Crippen LogP contribution in [0.15, 0.2) is 95.6 Å². The smallest absolute Gasteiger partial charge is 0.221 e. The average Bonchev–Trinajstić information content (AvgIpc) is 3.28. The van der Waals surface area contributed by atoms with Gasteiger partial charge in [0.25, 0.3) is 0 Å². The molecule has 0 aromatic heterocycles. The molecule has 0 fully saturated rings. The van der Waals surface area contributed by atoms with Gasteiger partial charge in [0.2, 0.25) is 5.88 Å². The molecule has 0 radical (unpaired) electrons. The van der Waals surface area contributed by atoms with Gasteiger partial charge in [0.05, 0.1) is 25.8 Å². The first-order valence-electron chi connectivity index (χ1n) is 11.4. The number of benzene rings is 3. The van der Waals surface area contributed by atoms with E-state index in [1.54, 1.807) is 37.4 Å². The highest BCUT2D eigenvalue weighted by atomic mass is 35.5. The Morgan fingerprint density at radius 2 is 1.54 bits per heavy atom. The van der Waals surface area contributed by atoms with Crippen LogP contribution in [0, 0.1) is 5.82 Å². The largest absolute Gasteiger partial charge is 0.497 e. The first-order chi connectivity index (χ1) is 17.1. The van der Waals surface area contributed by atoms with Crippen molar-refractivity contribution in [2.24, 2.45) is 4.99 Å². The van der Waals surface area contributed by atoms with Crippen molar-refractivity contribution >= 4 is 27.9 Å². The van der Waals surface area contributed by atoms with Crippen molar-refractivity contribution in [1.82, 2.24) is 10.4 Å². The summed E-state index contributed by atoms with van der Waals surface area (Å²) in [6, 6.07) is 23.6. The van der Waals surface area contributed by atoms with E-state index < -0.39 is 0 Å². The van der Waals surface area contributed by atoms with Crippen LogP contribution < -0.4 is 10.2 Å². The minimum Gasteiger partial charge on any atom is -0.497 e. The fourth-order valence-electron chi connectivity index (χ4n) is 4.15. The lowest BCUT2D eigenvalue weighted by Gasteiger charge is -2.28. The van der Waals surface area contributed by atoms with Crippen LogP contribution in [0.5, 0.6) is 5.75 Å². The third-order valence-electron chi connectivity index (χ3n) is 5.70. The molecule has 1 N–H and O–H groups in total. The number of allylic oxidation sites excluding steroid dienone is 1. The van der Waals surface area contributed by atoms with E-state index in [0.717, 1.165) is 16.9 Å². The third kappa shape index (κ3) is 4.55. The second kappa shape index (κ2) is 10.8. The highest BCUT2D eigenvalue weighted by Crippen LogP contribution is 2.45. The fraction of sp³-hybridized carbons (Fsp3) is 0.179. The zero-order chi connectivity index (χ0) is 24.9. The summed E-state index contributed by atoms with van der Waals surface area (Å²) in [6.45, 7) is 4.00. The quantitative estimate of drug-likeness (QED) is 0.428. The van der Waals surface area contributed by atoms with Gasteiger partial charge in [-0.25, -0.2) is 19.8 Å². The van der Waals surface area contributed by atoms with Crippen molar-refractivity contribution in [3.05, 3.63) is 113 Å². The predicted octanol–water partition coefficient (Wildman–Crippen LogP) is 6.76. The van der Waals surface area contributed by atoms with E-state index in [-0.39, 0.29) is 17.0 Å². The van der Waals surface area contributed by atoms with Crippen molar-refractivity contribution in [3.63, 3.8) is 0 Å². The molecular formula is C28H27ClFN3O2. The van der Waals surface area contributed by atoms with Crippen LogP contribution in [0.4, 0.5) is 4.39 Å². The molecule has 0 saturated carbocycles. The molecule has 180 valence electrons. The van der Waals surface area contributed by atoms with E-state index in [2.05, 4.69) is 5.43 Å². The summed E-state index contributed by atoms with van der Waals surface area (Å²) < 4.78 is 26.0. The SMILES string of the molecule is CC.COC1=C(c2ccc(OC)cc2)C(Cl)=NC2=C(c3ccccc3F)C(c3ccccc3)NN21. The topological polar surface area (TPSA) is 46.1 Å². The monoisotopic (exact) mass is 491 g/mol. The van der Waals surface area contributed by atoms with Crippen LogP contribution >= 0.6 is 11.6 Å². The first kappa shape index (κ1) is 24.5. The summed E-state index contributed by atoms with van der Waals surface area (Å²) in [7, 11) is 3.19. The molecule has 2 aliphatic rings. The number of nitrogens with zero attached hydrogens (tertiary/aromatic N) is 2. The van der Waals surface area contributed by atoms with Gasteiger partial charge in [-0.15, -0.1) is 0 Å². The molecule has 2 aliphatic heterocycles. The molecule has 0 bridgehead atoms. The van der Waals surface area contributed by atoms with Crippen molar-refractivity contribution in [2.45, 2.75) is 19.9 Å². The van der Waals surface area contributed by atoms with E-state index in [1.165, 1.54) is 6.07 Å². The number of rotatable bonds is 5. The molecule has 5 rings (SSSR count). The number of halogens is 2. The molecule has 5 nitrogen and oxygen atoms in total. The second-order valence-corrected chi connectivity index (χ2v) is 7.90. The molecule has 0 spiro atoms. The van der Waals surface area contributed by atoms with Gasteiger partial charge in [0, 0.05) is 11.1 Å². The lowest BCUT2D eigenvalue weighted by molar-refractivity contribution is 0.146. The maximum absolute atomic E-state index is 15.0. The van der Waals surface area contributed by atoms with Crippen molar-refractivity contribution in [3.8, 4) is 5.75 Å². The zero-order valence-electron chi connectivity index (χ0n) is 20.0. The number of hydrogen-bond donors (Lipinski definition) is 1. The van der Waals surface area contributed by atoms with Crippen LogP contribution in [-0.2, 0) is 4.74 Å². The molecule has 0 saturated heterocycles. The molecule has 2 heterocycles. The summed E-state index contributed by atoms with van der Waals surface area (Å²) in [5, 5.41) is 2.00. The number of fused-ring (bicyclic) bond motifs is 1. The third-order valence-corrected chi connectivity index (χ3v) is 5.97. The lowest BCUT2D eigenvalue weighted by Crippen LogP contribution is -2.36. The lowest BCUT2D eigenvalue weighted by atomic mass is 9.93. The van der Waals surface area contributed by atoms with Gasteiger partial charge in [-0.1, -0.05) is 86.1 Å². The Balaban J connectivity index is 0.00000141. The predicted molar refractivity (Wildman–Crippen MR) is 139 cm³/mol. The summed E-state index contributed by atoms with van der Waals surface area (Å²) >= 11 is 6.72. The van der Waals surface area contributed by atoms with Crippen molar-refractivity contribution in [1.29, 1.82) is 0 Å². The highest BCUT2D eigenvalue weighted by molar-refractivity contribution is 6.76. The number of hydrazine groups is 1. The van der Waals surface area contributed by atoms with Crippen molar-refractivity contribution in [2.75, 3.05) is 14.2 Å². The molecule has 3 aromatic carbocycles.